The van der Waals surface area contributed by atoms with Crippen LogP contribution in [0.5, 0.6) is 0 Å². The van der Waals surface area contributed by atoms with Gasteiger partial charge in [0.1, 0.15) is 0 Å². The van der Waals surface area contributed by atoms with Gasteiger partial charge in [-0.2, -0.15) is 0 Å². The Morgan fingerprint density at radius 2 is 1.28 bits per heavy atom. The molecule has 0 radical (unpaired) electrons. The van der Waals surface area contributed by atoms with Crippen LogP contribution in [0.1, 0.15) is 34.6 Å². The second-order valence-electron chi connectivity index (χ2n) is 5.67. The Balaban J connectivity index is 3.31. The van der Waals surface area contributed by atoms with E-state index in [1.165, 1.54) is 0 Å². The highest BCUT2D eigenvalue weighted by Crippen LogP contribution is 2.30. The zero-order valence-corrected chi connectivity index (χ0v) is 14.6. The fraction of sp³-hybridized carbons (Fsp3) is 0.733. The van der Waals surface area contributed by atoms with Crippen LogP contribution in [0.3, 0.4) is 0 Å². The first kappa shape index (κ1) is 20.8. The van der Waals surface area contributed by atoms with Crippen LogP contribution in [0.25, 0.3) is 0 Å². The Kier molecular flexibility index (Phi) is 7.31. The summed E-state index contributed by atoms with van der Waals surface area (Å²) in [6.07, 6.45) is -7.67. The van der Waals surface area contributed by atoms with Gasteiger partial charge in [-0.15, -0.1) is 0 Å². The standard InChI is InChI=1S/C15H22O10/c1-6(2)21-15-13(24-9(5)18)11(23-8(4)17)10(22-7(3)16)12(25-15)14(19)20/h6,10-13,15H,1-5H3,(H,19,20). The van der Waals surface area contributed by atoms with Crippen molar-refractivity contribution in [3.63, 3.8) is 0 Å². The van der Waals surface area contributed by atoms with Crippen LogP contribution in [0.2, 0.25) is 0 Å². The average Bonchev–Trinajstić information content (AvgIpc) is 2.42. The number of aliphatic carboxylic acids is 1. The van der Waals surface area contributed by atoms with Gasteiger partial charge >= 0.3 is 23.9 Å². The molecule has 1 saturated heterocycles. The third-order valence-corrected chi connectivity index (χ3v) is 3.05. The number of ether oxygens (including phenoxy) is 5. The second-order valence-corrected chi connectivity index (χ2v) is 5.67. The van der Waals surface area contributed by atoms with Gasteiger partial charge in [0, 0.05) is 20.8 Å². The molecule has 10 heteroatoms. The molecule has 1 aliphatic heterocycles. The van der Waals surface area contributed by atoms with E-state index in [0.29, 0.717) is 0 Å². The fourth-order valence-corrected chi connectivity index (χ4v) is 2.35. The van der Waals surface area contributed by atoms with Crippen molar-refractivity contribution in [2.45, 2.75) is 71.4 Å². The summed E-state index contributed by atoms with van der Waals surface area (Å²) in [6.45, 7) is 6.56. The van der Waals surface area contributed by atoms with E-state index in [9.17, 15) is 24.3 Å². The highest BCUT2D eigenvalue weighted by molar-refractivity contribution is 5.75. The number of hydrogen-bond acceptors (Lipinski definition) is 9. The number of carboxylic acids is 1. The van der Waals surface area contributed by atoms with Crippen LogP contribution < -0.4 is 0 Å². The fourth-order valence-electron chi connectivity index (χ4n) is 2.35. The number of hydrogen-bond donors (Lipinski definition) is 1. The molecule has 5 atom stereocenters. The minimum atomic E-state index is -1.68. The molecule has 0 aromatic heterocycles. The predicted molar refractivity (Wildman–Crippen MR) is 79.2 cm³/mol. The highest BCUT2D eigenvalue weighted by Gasteiger charge is 2.55. The molecule has 0 amide bonds. The number of carbonyl (C=O) groups is 4. The molecule has 1 N–H and O–H groups in total. The minimum absolute atomic E-state index is 0.416. The van der Waals surface area contributed by atoms with Gasteiger partial charge < -0.3 is 28.8 Å². The van der Waals surface area contributed by atoms with Crippen molar-refractivity contribution < 1.29 is 48.0 Å². The molecular formula is C15H22O10. The maximum atomic E-state index is 11.5. The van der Waals surface area contributed by atoms with Gasteiger partial charge in [-0.05, 0) is 13.8 Å². The largest absolute Gasteiger partial charge is 0.479 e. The van der Waals surface area contributed by atoms with Gasteiger partial charge in [0.25, 0.3) is 0 Å². The lowest BCUT2D eigenvalue weighted by Gasteiger charge is -2.43. The molecule has 0 aliphatic carbocycles. The van der Waals surface area contributed by atoms with Gasteiger partial charge in [0.15, 0.2) is 30.7 Å². The SMILES string of the molecule is CC(=O)OC1C(OC(C)C)OC(C(=O)O)C(OC(C)=O)C1OC(C)=O. The van der Waals surface area contributed by atoms with E-state index >= 15 is 0 Å². The van der Waals surface area contributed by atoms with Crippen LogP contribution in [0.4, 0.5) is 0 Å². The van der Waals surface area contributed by atoms with Crippen LogP contribution in [0.15, 0.2) is 0 Å². The molecule has 0 saturated carbocycles. The normalized spacial score (nSPS) is 29.0. The Morgan fingerprint density at radius 3 is 1.68 bits per heavy atom. The molecule has 1 rings (SSSR count). The molecule has 0 bridgehead atoms. The van der Waals surface area contributed by atoms with Gasteiger partial charge in [0.05, 0.1) is 6.10 Å². The lowest BCUT2D eigenvalue weighted by atomic mass is 9.97. The quantitative estimate of drug-likeness (QED) is 0.508. The zero-order valence-electron chi connectivity index (χ0n) is 14.6. The van der Waals surface area contributed by atoms with Crippen molar-refractivity contribution in [2.75, 3.05) is 0 Å². The summed E-state index contributed by atoms with van der Waals surface area (Å²) in [4.78, 5) is 45.7. The molecule has 1 fully saturated rings. The Bertz CT molecular complexity index is 528. The first-order chi connectivity index (χ1) is 11.5. The van der Waals surface area contributed by atoms with Gasteiger partial charge in [-0.25, -0.2) is 4.79 Å². The molecule has 142 valence electrons. The van der Waals surface area contributed by atoms with Crippen LogP contribution >= 0.6 is 0 Å². The van der Waals surface area contributed by atoms with Crippen molar-refractivity contribution in [1.82, 2.24) is 0 Å². The monoisotopic (exact) mass is 362 g/mol. The lowest BCUT2D eigenvalue weighted by Crippen LogP contribution is -2.64. The van der Waals surface area contributed by atoms with E-state index in [1.807, 2.05) is 0 Å². The molecular weight excluding hydrogens is 340 g/mol. The van der Waals surface area contributed by atoms with Crippen molar-refractivity contribution in [2.24, 2.45) is 0 Å². The lowest BCUT2D eigenvalue weighted by molar-refractivity contribution is -0.307. The van der Waals surface area contributed by atoms with Crippen LogP contribution in [-0.4, -0.2) is 65.8 Å². The molecule has 1 aliphatic rings. The van der Waals surface area contributed by atoms with E-state index < -0.39 is 60.7 Å². The first-order valence-electron chi connectivity index (χ1n) is 7.58. The van der Waals surface area contributed by atoms with E-state index in [2.05, 4.69) is 0 Å². The van der Waals surface area contributed by atoms with Gasteiger partial charge in [-0.3, -0.25) is 14.4 Å². The summed E-state index contributed by atoms with van der Waals surface area (Å²) in [5, 5.41) is 9.37. The zero-order chi connectivity index (χ0) is 19.3. The number of rotatable bonds is 6. The van der Waals surface area contributed by atoms with Crippen molar-refractivity contribution in [3.8, 4) is 0 Å². The number of esters is 3. The van der Waals surface area contributed by atoms with Gasteiger partial charge in [0.2, 0.25) is 0 Å². The number of carboxylic acid groups (broad SMARTS) is 1. The van der Waals surface area contributed by atoms with Crippen molar-refractivity contribution in [1.29, 1.82) is 0 Å². The van der Waals surface area contributed by atoms with E-state index in [-0.39, 0.29) is 0 Å². The summed E-state index contributed by atoms with van der Waals surface area (Å²) < 4.78 is 26.0. The predicted octanol–water partition coefficient (Wildman–Crippen LogP) is 0.0160. The Hall–Kier alpha value is -2.20. The molecule has 10 nitrogen and oxygen atoms in total. The van der Waals surface area contributed by atoms with Crippen molar-refractivity contribution in [3.05, 3.63) is 0 Å². The van der Waals surface area contributed by atoms with Crippen LogP contribution in [0, 0.1) is 0 Å². The number of carbonyl (C=O) groups excluding carboxylic acids is 3. The minimum Gasteiger partial charge on any atom is -0.479 e. The molecule has 0 spiro atoms. The molecule has 0 aromatic rings. The summed E-state index contributed by atoms with van der Waals surface area (Å²) in [5.74, 6) is -3.80. The van der Waals surface area contributed by atoms with Crippen LogP contribution in [-0.2, 0) is 42.9 Å². The average molecular weight is 362 g/mol. The molecule has 5 unspecified atom stereocenters. The molecule has 25 heavy (non-hydrogen) atoms. The van der Waals surface area contributed by atoms with Gasteiger partial charge in [-0.1, -0.05) is 0 Å². The van der Waals surface area contributed by atoms with Crippen molar-refractivity contribution >= 4 is 23.9 Å². The summed E-state index contributed by atoms with van der Waals surface area (Å²) in [5.41, 5.74) is 0. The smallest absolute Gasteiger partial charge is 0.337 e. The maximum absolute atomic E-state index is 11.5. The summed E-state index contributed by atoms with van der Waals surface area (Å²) in [7, 11) is 0. The third-order valence-electron chi connectivity index (χ3n) is 3.05. The summed E-state index contributed by atoms with van der Waals surface area (Å²) in [6, 6.07) is 0. The third kappa shape index (κ3) is 5.98. The molecule has 1 heterocycles. The maximum Gasteiger partial charge on any atom is 0.337 e. The highest BCUT2D eigenvalue weighted by atomic mass is 16.7. The van der Waals surface area contributed by atoms with E-state index in [4.69, 9.17) is 23.7 Å². The first-order valence-corrected chi connectivity index (χ1v) is 7.58. The Labute approximate surface area is 144 Å². The summed E-state index contributed by atoms with van der Waals surface area (Å²) >= 11 is 0. The van der Waals surface area contributed by atoms with E-state index in [1.54, 1.807) is 13.8 Å². The van der Waals surface area contributed by atoms with E-state index in [0.717, 1.165) is 20.8 Å². The second kappa shape index (κ2) is 8.77. The Morgan fingerprint density at radius 1 is 0.840 bits per heavy atom. The molecule has 0 aromatic carbocycles. The topological polar surface area (TPSA) is 135 Å².